The molecule has 0 spiro atoms. The highest BCUT2D eigenvalue weighted by molar-refractivity contribution is 8.26. The van der Waals surface area contributed by atoms with Gasteiger partial charge in [0, 0.05) is 17.7 Å². The molecule has 130 valence electrons. The normalized spacial score (nSPS) is 15.4. The number of carbonyl (C=O) groups is 2. The average molecular weight is 385 g/mol. The van der Waals surface area contributed by atoms with Gasteiger partial charge in [-0.1, -0.05) is 48.2 Å². The molecular weight excluding hydrogens is 374 g/mol. The number of nitrogens with zero attached hydrogens (tertiary/aromatic N) is 2. The van der Waals surface area contributed by atoms with E-state index < -0.39 is 16.7 Å². The maximum atomic E-state index is 12.5. The first kappa shape index (κ1) is 17.8. The summed E-state index contributed by atoms with van der Waals surface area (Å²) in [5.41, 5.74) is 3.07. The van der Waals surface area contributed by atoms with Gasteiger partial charge >= 0.3 is 0 Å². The number of nitro groups is 1. The second-order valence-electron chi connectivity index (χ2n) is 5.18. The summed E-state index contributed by atoms with van der Waals surface area (Å²) in [5, 5.41) is 11.8. The summed E-state index contributed by atoms with van der Waals surface area (Å²) in [7, 11) is 0. The molecule has 2 amide bonds. The molecule has 2 aromatic carbocycles. The van der Waals surface area contributed by atoms with Crippen LogP contribution < -0.4 is 5.43 Å². The molecule has 1 aliphatic rings. The number of hydrogen-bond acceptors (Lipinski definition) is 6. The number of nitrogens with one attached hydrogen (secondary N) is 1. The molecule has 0 saturated carbocycles. The summed E-state index contributed by atoms with van der Waals surface area (Å²) in [5.74, 6) is -1.12. The van der Waals surface area contributed by atoms with Gasteiger partial charge < -0.3 is 0 Å². The molecule has 9 heteroatoms. The lowest BCUT2D eigenvalue weighted by Crippen LogP contribution is -2.44. The standard InChI is InChI=1S/C17H11N3O4S2/c21-15(12-7-4-8-13(10-12)20(23)24)18-19-16(22)14(26-17(19)25)9-11-5-2-1-3-6-11/h1-10H,(H,18,21)/b14-9+. The van der Waals surface area contributed by atoms with Gasteiger partial charge in [-0.3, -0.25) is 25.1 Å². The van der Waals surface area contributed by atoms with Crippen LogP contribution in [-0.2, 0) is 4.79 Å². The Hall–Kier alpha value is -3.04. The Morgan fingerprint density at radius 1 is 1.19 bits per heavy atom. The van der Waals surface area contributed by atoms with E-state index in [0.717, 1.165) is 28.4 Å². The summed E-state index contributed by atoms with van der Waals surface area (Å²) < 4.78 is 0.177. The first-order chi connectivity index (χ1) is 12.5. The van der Waals surface area contributed by atoms with Crippen LogP contribution in [0.1, 0.15) is 15.9 Å². The molecule has 1 aliphatic heterocycles. The maximum Gasteiger partial charge on any atom is 0.285 e. The van der Waals surface area contributed by atoms with Gasteiger partial charge in [-0.25, -0.2) is 0 Å². The second kappa shape index (κ2) is 7.46. The fraction of sp³-hybridized carbons (Fsp3) is 0. The zero-order chi connectivity index (χ0) is 18.7. The van der Waals surface area contributed by atoms with E-state index in [4.69, 9.17) is 12.2 Å². The molecule has 0 radical (unpaired) electrons. The highest BCUT2D eigenvalue weighted by Gasteiger charge is 2.33. The van der Waals surface area contributed by atoms with E-state index in [1.807, 2.05) is 30.3 Å². The lowest BCUT2D eigenvalue weighted by molar-refractivity contribution is -0.384. The van der Waals surface area contributed by atoms with Crippen LogP contribution in [0.2, 0.25) is 0 Å². The quantitative estimate of drug-likeness (QED) is 0.376. The fourth-order valence-electron chi connectivity index (χ4n) is 2.19. The van der Waals surface area contributed by atoms with Crippen LogP contribution in [0.4, 0.5) is 5.69 Å². The summed E-state index contributed by atoms with van der Waals surface area (Å²) in [6.07, 6.45) is 1.68. The van der Waals surface area contributed by atoms with E-state index in [0.29, 0.717) is 4.91 Å². The Labute approximate surface area is 157 Å². The molecule has 1 saturated heterocycles. The van der Waals surface area contributed by atoms with Gasteiger partial charge in [0.1, 0.15) is 0 Å². The number of nitro benzene ring substituents is 1. The van der Waals surface area contributed by atoms with Crippen molar-refractivity contribution in [3.8, 4) is 0 Å². The van der Waals surface area contributed by atoms with Crippen molar-refractivity contribution in [1.82, 2.24) is 10.4 Å². The van der Waals surface area contributed by atoms with Crippen molar-refractivity contribution in [1.29, 1.82) is 0 Å². The van der Waals surface area contributed by atoms with Crippen molar-refractivity contribution in [3.63, 3.8) is 0 Å². The van der Waals surface area contributed by atoms with Crippen molar-refractivity contribution >= 4 is 51.9 Å². The van der Waals surface area contributed by atoms with Gasteiger partial charge in [0.05, 0.1) is 9.83 Å². The summed E-state index contributed by atoms with van der Waals surface area (Å²) in [6, 6.07) is 14.5. The van der Waals surface area contributed by atoms with Crippen molar-refractivity contribution in [2.75, 3.05) is 0 Å². The topological polar surface area (TPSA) is 92.6 Å². The van der Waals surface area contributed by atoms with Crippen LogP contribution in [0.5, 0.6) is 0 Å². The Kier molecular flexibility index (Phi) is 5.10. The van der Waals surface area contributed by atoms with Gasteiger partial charge in [-0.15, -0.1) is 0 Å². The number of amides is 2. The van der Waals surface area contributed by atoms with Gasteiger partial charge in [0.25, 0.3) is 17.5 Å². The Morgan fingerprint density at radius 2 is 1.92 bits per heavy atom. The predicted octanol–water partition coefficient (Wildman–Crippen LogP) is 3.14. The van der Waals surface area contributed by atoms with Crippen LogP contribution in [0, 0.1) is 10.1 Å². The van der Waals surface area contributed by atoms with E-state index in [1.165, 1.54) is 18.2 Å². The number of hydrogen-bond donors (Lipinski definition) is 1. The second-order valence-corrected chi connectivity index (χ2v) is 6.85. The number of benzene rings is 2. The molecule has 2 aromatic rings. The third-order valence-corrected chi connectivity index (χ3v) is 4.73. The Balaban J connectivity index is 1.78. The van der Waals surface area contributed by atoms with Crippen LogP contribution >= 0.6 is 24.0 Å². The monoisotopic (exact) mass is 385 g/mol. The predicted molar refractivity (Wildman–Crippen MR) is 102 cm³/mol. The Bertz CT molecular complexity index is 944. The highest BCUT2D eigenvalue weighted by atomic mass is 32.2. The molecule has 0 unspecified atom stereocenters. The van der Waals surface area contributed by atoms with Crippen molar-refractivity contribution < 1.29 is 14.5 Å². The lowest BCUT2D eigenvalue weighted by Gasteiger charge is -2.15. The molecule has 1 N–H and O–H groups in total. The van der Waals surface area contributed by atoms with E-state index >= 15 is 0 Å². The molecule has 7 nitrogen and oxygen atoms in total. The first-order valence-corrected chi connectivity index (χ1v) is 8.56. The number of rotatable bonds is 4. The van der Waals surface area contributed by atoms with Crippen molar-refractivity contribution in [2.24, 2.45) is 0 Å². The molecule has 3 rings (SSSR count). The van der Waals surface area contributed by atoms with Crippen LogP contribution in [-0.4, -0.2) is 26.1 Å². The fourth-order valence-corrected chi connectivity index (χ4v) is 3.37. The van der Waals surface area contributed by atoms with E-state index in [2.05, 4.69) is 5.43 Å². The lowest BCUT2D eigenvalue weighted by atomic mass is 10.2. The van der Waals surface area contributed by atoms with Crippen molar-refractivity contribution in [2.45, 2.75) is 0 Å². The van der Waals surface area contributed by atoms with Crippen LogP contribution in [0.3, 0.4) is 0 Å². The zero-order valence-electron chi connectivity index (χ0n) is 13.1. The van der Waals surface area contributed by atoms with E-state index in [9.17, 15) is 19.7 Å². The minimum Gasteiger partial charge on any atom is -0.267 e. The number of thioether (sulfide) groups is 1. The summed E-state index contributed by atoms with van der Waals surface area (Å²) >= 11 is 6.22. The smallest absolute Gasteiger partial charge is 0.267 e. The minimum absolute atomic E-state index is 0.0558. The molecule has 26 heavy (non-hydrogen) atoms. The molecule has 0 aromatic heterocycles. The first-order valence-electron chi connectivity index (χ1n) is 7.34. The molecule has 0 atom stereocenters. The minimum atomic E-state index is -0.661. The zero-order valence-corrected chi connectivity index (χ0v) is 14.8. The number of non-ortho nitro benzene ring substituents is 1. The van der Waals surface area contributed by atoms with E-state index in [1.54, 1.807) is 6.08 Å². The van der Waals surface area contributed by atoms with Gasteiger partial charge in [-0.2, -0.15) is 5.01 Å². The molecular formula is C17H11N3O4S2. The maximum absolute atomic E-state index is 12.5. The summed E-state index contributed by atoms with van der Waals surface area (Å²) in [6.45, 7) is 0. The number of hydrazine groups is 1. The van der Waals surface area contributed by atoms with Gasteiger partial charge in [0.15, 0.2) is 4.32 Å². The largest absolute Gasteiger partial charge is 0.285 e. The van der Waals surface area contributed by atoms with Crippen LogP contribution in [0.15, 0.2) is 59.5 Å². The molecule has 0 bridgehead atoms. The van der Waals surface area contributed by atoms with Crippen molar-refractivity contribution in [3.05, 3.63) is 80.7 Å². The molecule has 1 heterocycles. The Morgan fingerprint density at radius 3 is 2.62 bits per heavy atom. The SMILES string of the molecule is O=C(NN1C(=O)/C(=C\c2ccccc2)SC1=S)c1cccc([N+](=O)[O-])c1. The number of carbonyl (C=O) groups excluding carboxylic acids is 2. The highest BCUT2D eigenvalue weighted by Crippen LogP contribution is 2.31. The third-order valence-electron chi connectivity index (χ3n) is 3.42. The molecule has 0 aliphatic carbocycles. The van der Waals surface area contributed by atoms with E-state index in [-0.39, 0.29) is 15.6 Å². The van der Waals surface area contributed by atoms with Gasteiger partial charge in [0.2, 0.25) is 0 Å². The molecule has 1 fully saturated rings. The van der Waals surface area contributed by atoms with Crippen LogP contribution in [0.25, 0.3) is 6.08 Å². The van der Waals surface area contributed by atoms with Gasteiger partial charge in [-0.05, 0) is 29.9 Å². The third kappa shape index (κ3) is 3.79. The average Bonchev–Trinajstić information content (AvgIpc) is 2.90. The number of thiocarbonyl (C=S) groups is 1. The summed E-state index contributed by atoms with van der Waals surface area (Å²) in [4.78, 5) is 35.4.